The van der Waals surface area contributed by atoms with Gasteiger partial charge in [-0.3, -0.25) is 0 Å². The van der Waals surface area contributed by atoms with Crippen molar-refractivity contribution in [3.8, 4) is 0 Å². The fraction of sp³-hybridized carbons (Fsp3) is 0.500. The fourth-order valence-electron chi connectivity index (χ4n) is 1.51. The van der Waals surface area contributed by atoms with Gasteiger partial charge in [0.15, 0.2) is 0 Å². The van der Waals surface area contributed by atoms with Crippen LogP contribution in [-0.4, -0.2) is 0 Å². The third-order valence-corrected chi connectivity index (χ3v) is 2.22. The summed E-state index contributed by atoms with van der Waals surface area (Å²) in [5.41, 5.74) is 3.24. The molecule has 0 N–H and O–H groups in total. The van der Waals surface area contributed by atoms with Gasteiger partial charge in [0.25, 0.3) is 0 Å². The largest absolute Gasteiger partial charge is 0.0804 e. The van der Waals surface area contributed by atoms with Crippen LogP contribution in [0, 0.1) is 5.92 Å². The Morgan fingerprint density at radius 2 is 2.50 bits per heavy atom. The van der Waals surface area contributed by atoms with Crippen LogP contribution in [0.5, 0.6) is 0 Å². The molecule has 0 fully saturated rings. The molecule has 3 aliphatic carbocycles. The van der Waals surface area contributed by atoms with Crippen LogP contribution >= 0.6 is 0 Å². The SMILES string of the molecule is CC1C2=CCCC1=C2. The topological polar surface area (TPSA) is 0 Å². The van der Waals surface area contributed by atoms with Gasteiger partial charge in [-0.1, -0.05) is 24.6 Å². The zero-order valence-corrected chi connectivity index (χ0v) is 5.15. The van der Waals surface area contributed by atoms with E-state index in [2.05, 4.69) is 19.1 Å². The van der Waals surface area contributed by atoms with E-state index in [1.807, 2.05) is 0 Å². The summed E-state index contributed by atoms with van der Waals surface area (Å²) in [6.07, 6.45) is 7.31. The molecule has 0 aliphatic heterocycles. The third-order valence-electron chi connectivity index (χ3n) is 2.22. The highest BCUT2D eigenvalue weighted by molar-refractivity contribution is 5.45. The summed E-state index contributed by atoms with van der Waals surface area (Å²) in [5.74, 6) is 0.823. The molecule has 0 radical (unpaired) electrons. The molecular weight excluding hydrogens is 96.1 g/mol. The first-order valence-corrected chi connectivity index (χ1v) is 3.28. The molecule has 3 rings (SSSR count). The van der Waals surface area contributed by atoms with Crippen molar-refractivity contribution in [2.45, 2.75) is 19.8 Å². The molecule has 0 nitrogen and oxygen atoms in total. The molecule has 0 spiro atoms. The quantitative estimate of drug-likeness (QED) is 0.444. The van der Waals surface area contributed by atoms with Crippen molar-refractivity contribution in [1.82, 2.24) is 0 Å². The molecule has 8 heavy (non-hydrogen) atoms. The van der Waals surface area contributed by atoms with Crippen molar-refractivity contribution in [3.63, 3.8) is 0 Å². The Labute approximate surface area is 49.9 Å². The number of hydrogen-bond acceptors (Lipinski definition) is 0. The lowest BCUT2D eigenvalue weighted by Gasteiger charge is -2.31. The standard InChI is InChI=1S/C8H10/c1-6-7-3-2-4-8(6)5-7/h3,5-6H,2,4H2,1H3. The molecule has 0 aromatic rings. The van der Waals surface area contributed by atoms with E-state index < -0.39 is 0 Å². The Morgan fingerprint density at radius 1 is 1.62 bits per heavy atom. The monoisotopic (exact) mass is 106 g/mol. The van der Waals surface area contributed by atoms with E-state index in [0.717, 1.165) is 5.92 Å². The van der Waals surface area contributed by atoms with E-state index in [0.29, 0.717) is 0 Å². The summed E-state index contributed by atoms with van der Waals surface area (Å²) in [5, 5.41) is 0. The second-order valence-electron chi connectivity index (χ2n) is 2.68. The van der Waals surface area contributed by atoms with Gasteiger partial charge in [0, 0.05) is 5.92 Å². The molecule has 0 saturated heterocycles. The summed E-state index contributed by atoms with van der Waals surface area (Å²) in [7, 11) is 0. The summed E-state index contributed by atoms with van der Waals surface area (Å²) in [6, 6.07) is 0. The number of fused-ring (bicyclic) bond motifs is 2. The Morgan fingerprint density at radius 3 is 2.75 bits per heavy atom. The second kappa shape index (κ2) is 1.25. The van der Waals surface area contributed by atoms with Crippen LogP contribution in [0.25, 0.3) is 0 Å². The summed E-state index contributed by atoms with van der Waals surface area (Å²) >= 11 is 0. The van der Waals surface area contributed by atoms with Crippen LogP contribution in [0.2, 0.25) is 0 Å². The van der Waals surface area contributed by atoms with Gasteiger partial charge in [0.2, 0.25) is 0 Å². The van der Waals surface area contributed by atoms with Gasteiger partial charge < -0.3 is 0 Å². The fourth-order valence-corrected chi connectivity index (χ4v) is 1.51. The van der Waals surface area contributed by atoms with Crippen molar-refractivity contribution >= 4 is 0 Å². The van der Waals surface area contributed by atoms with Gasteiger partial charge in [-0.05, 0) is 18.4 Å². The summed E-state index contributed by atoms with van der Waals surface area (Å²) in [6.45, 7) is 2.29. The molecule has 0 heterocycles. The van der Waals surface area contributed by atoms with Crippen molar-refractivity contribution in [3.05, 3.63) is 23.3 Å². The molecule has 2 bridgehead atoms. The number of rotatable bonds is 0. The van der Waals surface area contributed by atoms with E-state index in [-0.39, 0.29) is 0 Å². The molecular formula is C8H10. The average Bonchev–Trinajstić information content (AvgIpc) is 1.89. The maximum atomic E-state index is 2.36. The van der Waals surface area contributed by atoms with E-state index in [1.165, 1.54) is 12.8 Å². The zero-order valence-electron chi connectivity index (χ0n) is 5.15. The van der Waals surface area contributed by atoms with Crippen molar-refractivity contribution in [2.75, 3.05) is 0 Å². The minimum atomic E-state index is 0.823. The number of allylic oxidation sites excluding steroid dienone is 4. The van der Waals surface area contributed by atoms with Crippen LogP contribution in [-0.2, 0) is 0 Å². The highest BCUT2D eigenvalue weighted by Gasteiger charge is 2.23. The van der Waals surface area contributed by atoms with E-state index in [9.17, 15) is 0 Å². The van der Waals surface area contributed by atoms with Gasteiger partial charge >= 0.3 is 0 Å². The van der Waals surface area contributed by atoms with Crippen LogP contribution in [0.1, 0.15) is 19.8 Å². The van der Waals surface area contributed by atoms with E-state index >= 15 is 0 Å². The van der Waals surface area contributed by atoms with Gasteiger partial charge in [-0.2, -0.15) is 0 Å². The highest BCUT2D eigenvalue weighted by Crippen LogP contribution is 2.39. The predicted octanol–water partition coefficient (Wildman–Crippen LogP) is 2.28. The van der Waals surface area contributed by atoms with Crippen LogP contribution < -0.4 is 0 Å². The molecule has 1 atom stereocenters. The lowest BCUT2D eigenvalue weighted by Crippen LogP contribution is -2.15. The Balaban J connectivity index is 2.40. The van der Waals surface area contributed by atoms with Crippen LogP contribution in [0.15, 0.2) is 23.3 Å². The maximum Gasteiger partial charge on any atom is 0.00199 e. The van der Waals surface area contributed by atoms with Crippen LogP contribution in [0.4, 0.5) is 0 Å². The van der Waals surface area contributed by atoms with Crippen molar-refractivity contribution in [1.29, 1.82) is 0 Å². The van der Waals surface area contributed by atoms with Crippen LogP contribution in [0.3, 0.4) is 0 Å². The first kappa shape index (κ1) is 4.37. The second-order valence-corrected chi connectivity index (χ2v) is 2.68. The number of hydrogen-bond donors (Lipinski definition) is 0. The molecule has 0 aromatic carbocycles. The average molecular weight is 106 g/mol. The minimum absolute atomic E-state index is 0.823. The van der Waals surface area contributed by atoms with Gasteiger partial charge in [-0.25, -0.2) is 0 Å². The van der Waals surface area contributed by atoms with Crippen molar-refractivity contribution < 1.29 is 0 Å². The zero-order chi connectivity index (χ0) is 5.56. The molecule has 42 valence electrons. The Hall–Kier alpha value is -0.520. The molecule has 0 heteroatoms. The molecule has 3 aliphatic rings. The lowest BCUT2D eigenvalue weighted by molar-refractivity contribution is 0.664. The van der Waals surface area contributed by atoms with Gasteiger partial charge in [0.05, 0.1) is 0 Å². The van der Waals surface area contributed by atoms with Crippen molar-refractivity contribution in [2.24, 2.45) is 5.92 Å². The molecule has 1 unspecified atom stereocenters. The van der Waals surface area contributed by atoms with E-state index in [1.54, 1.807) is 11.1 Å². The normalized spacial score (nSPS) is 32.9. The molecule has 0 saturated carbocycles. The first-order chi connectivity index (χ1) is 3.88. The van der Waals surface area contributed by atoms with Gasteiger partial charge in [0.1, 0.15) is 0 Å². The highest BCUT2D eigenvalue weighted by atomic mass is 14.3. The smallest absolute Gasteiger partial charge is 0.00199 e. The Bertz CT molecular complexity index is 172. The molecule has 0 aromatic heterocycles. The van der Waals surface area contributed by atoms with E-state index in [4.69, 9.17) is 0 Å². The lowest BCUT2D eigenvalue weighted by atomic mass is 9.74. The molecule has 0 amide bonds. The third kappa shape index (κ3) is 0.360. The maximum absolute atomic E-state index is 2.36. The first-order valence-electron chi connectivity index (χ1n) is 3.28. The Kier molecular flexibility index (Phi) is 0.682. The minimum Gasteiger partial charge on any atom is -0.0804 e. The predicted molar refractivity (Wildman–Crippen MR) is 34.6 cm³/mol. The summed E-state index contributed by atoms with van der Waals surface area (Å²) in [4.78, 5) is 0. The summed E-state index contributed by atoms with van der Waals surface area (Å²) < 4.78 is 0. The van der Waals surface area contributed by atoms with Gasteiger partial charge in [-0.15, -0.1) is 0 Å².